The van der Waals surface area contributed by atoms with Gasteiger partial charge in [0.05, 0.1) is 10.5 Å². The van der Waals surface area contributed by atoms with Crippen molar-refractivity contribution in [2.45, 2.75) is 6.61 Å². The number of rotatable bonds is 4. The molecule has 0 unspecified atom stereocenters. The quantitative estimate of drug-likeness (QED) is 0.683. The number of ether oxygens (including phenoxy) is 1. The molecule has 2 aromatic carbocycles. The SMILES string of the molecule is O=C1NC(=O)/C(=C/c2ccc(C(=O)OCc3ccccc3)cc2)S1. The molecule has 0 bridgehead atoms. The van der Waals surface area contributed by atoms with Gasteiger partial charge in [-0.3, -0.25) is 14.9 Å². The zero-order valence-corrected chi connectivity index (χ0v) is 13.3. The third-order valence-electron chi connectivity index (χ3n) is 3.30. The second kappa shape index (κ2) is 7.14. The second-order valence-corrected chi connectivity index (χ2v) is 6.05. The van der Waals surface area contributed by atoms with Crippen molar-refractivity contribution in [2.24, 2.45) is 0 Å². The number of benzene rings is 2. The zero-order chi connectivity index (χ0) is 16.9. The maximum atomic E-state index is 12.0. The van der Waals surface area contributed by atoms with Crippen LogP contribution in [0.25, 0.3) is 6.08 Å². The fraction of sp³-hybridized carbons (Fsp3) is 0.0556. The summed E-state index contributed by atoms with van der Waals surface area (Å²) in [6.45, 7) is 0.213. The van der Waals surface area contributed by atoms with Crippen LogP contribution >= 0.6 is 11.8 Å². The minimum absolute atomic E-state index is 0.213. The molecule has 0 aromatic heterocycles. The molecule has 1 N–H and O–H groups in total. The fourth-order valence-corrected chi connectivity index (χ4v) is 2.78. The number of imide groups is 1. The summed E-state index contributed by atoms with van der Waals surface area (Å²) in [6, 6.07) is 16.1. The largest absolute Gasteiger partial charge is 0.457 e. The van der Waals surface area contributed by atoms with Crippen LogP contribution in [0.15, 0.2) is 59.5 Å². The first-order chi connectivity index (χ1) is 11.6. The molecule has 3 rings (SSSR count). The van der Waals surface area contributed by atoms with Gasteiger partial charge in [-0.25, -0.2) is 4.79 Å². The van der Waals surface area contributed by atoms with Gasteiger partial charge in [-0.05, 0) is 41.1 Å². The van der Waals surface area contributed by atoms with Crippen molar-refractivity contribution in [3.63, 3.8) is 0 Å². The maximum absolute atomic E-state index is 12.0. The Kier molecular flexibility index (Phi) is 4.77. The van der Waals surface area contributed by atoms with Crippen molar-refractivity contribution in [3.8, 4) is 0 Å². The first kappa shape index (κ1) is 16.0. The molecule has 0 radical (unpaired) electrons. The van der Waals surface area contributed by atoms with Gasteiger partial charge in [0.1, 0.15) is 6.61 Å². The van der Waals surface area contributed by atoms with E-state index in [1.807, 2.05) is 30.3 Å². The van der Waals surface area contributed by atoms with Crippen LogP contribution < -0.4 is 5.32 Å². The number of hydrogen-bond acceptors (Lipinski definition) is 5. The third-order valence-corrected chi connectivity index (χ3v) is 4.11. The molecule has 2 aromatic rings. The van der Waals surface area contributed by atoms with Crippen molar-refractivity contribution in [1.29, 1.82) is 0 Å². The standard InChI is InChI=1S/C18H13NO4S/c20-16-15(24-18(22)19-16)10-12-6-8-14(9-7-12)17(21)23-11-13-4-2-1-3-5-13/h1-10H,11H2,(H,19,20,22)/b15-10-. The molecule has 0 aliphatic carbocycles. The average Bonchev–Trinajstić information content (AvgIpc) is 2.91. The van der Waals surface area contributed by atoms with Crippen LogP contribution in [0.2, 0.25) is 0 Å². The van der Waals surface area contributed by atoms with Crippen molar-refractivity contribution in [3.05, 3.63) is 76.2 Å². The van der Waals surface area contributed by atoms with Crippen LogP contribution in [0.5, 0.6) is 0 Å². The van der Waals surface area contributed by atoms with Crippen LogP contribution in [0.4, 0.5) is 4.79 Å². The highest BCUT2D eigenvalue weighted by Gasteiger charge is 2.24. The summed E-state index contributed by atoms with van der Waals surface area (Å²) in [5, 5.41) is 1.81. The van der Waals surface area contributed by atoms with Crippen LogP contribution in [0.1, 0.15) is 21.5 Å². The Bertz CT molecular complexity index is 813. The molecular weight excluding hydrogens is 326 g/mol. The number of esters is 1. The van der Waals surface area contributed by atoms with E-state index in [1.54, 1.807) is 30.3 Å². The Labute approximate surface area is 142 Å². The number of amides is 2. The highest BCUT2D eigenvalue weighted by Crippen LogP contribution is 2.25. The molecule has 0 spiro atoms. The van der Waals surface area contributed by atoms with Crippen molar-refractivity contribution in [2.75, 3.05) is 0 Å². The van der Waals surface area contributed by atoms with E-state index in [0.717, 1.165) is 22.9 Å². The van der Waals surface area contributed by atoms with E-state index < -0.39 is 11.9 Å². The summed E-state index contributed by atoms with van der Waals surface area (Å²) in [4.78, 5) is 35.0. The molecule has 6 heteroatoms. The average molecular weight is 339 g/mol. The predicted molar refractivity (Wildman–Crippen MR) is 91.1 cm³/mol. The molecule has 0 saturated carbocycles. The Morgan fingerprint density at radius 1 is 1.04 bits per heavy atom. The summed E-state index contributed by atoms with van der Waals surface area (Å²) in [6.07, 6.45) is 1.60. The summed E-state index contributed by atoms with van der Waals surface area (Å²) < 4.78 is 5.25. The summed E-state index contributed by atoms with van der Waals surface area (Å²) in [7, 11) is 0. The molecule has 1 heterocycles. The Morgan fingerprint density at radius 2 is 1.75 bits per heavy atom. The van der Waals surface area contributed by atoms with Gasteiger partial charge < -0.3 is 4.74 Å². The molecule has 1 aliphatic rings. The summed E-state index contributed by atoms with van der Waals surface area (Å²) in [5.41, 5.74) is 2.07. The smallest absolute Gasteiger partial charge is 0.338 e. The maximum Gasteiger partial charge on any atom is 0.338 e. The van der Waals surface area contributed by atoms with Crippen molar-refractivity contribution < 1.29 is 19.1 Å². The highest BCUT2D eigenvalue weighted by molar-refractivity contribution is 8.18. The minimum atomic E-state index is -0.416. The van der Waals surface area contributed by atoms with Crippen LogP contribution in [0.3, 0.4) is 0 Å². The Balaban J connectivity index is 1.64. The predicted octanol–water partition coefficient (Wildman–Crippen LogP) is 3.37. The van der Waals surface area contributed by atoms with Gasteiger partial charge in [0.2, 0.25) is 0 Å². The highest BCUT2D eigenvalue weighted by atomic mass is 32.2. The summed E-state index contributed by atoms with van der Waals surface area (Å²) >= 11 is 0.855. The molecule has 2 amide bonds. The molecular formula is C18H13NO4S. The van der Waals surface area contributed by atoms with E-state index in [-0.39, 0.29) is 11.8 Å². The van der Waals surface area contributed by atoms with Gasteiger partial charge in [-0.15, -0.1) is 0 Å². The number of carbonyl (C=O) groups excluding carboxylic acids is 3. The van der Waals surface area contributed by atoms with Gasteiger partial charge in [-0.2, -0.15) is 0 Å². The van der Waals surface area contributed by atoms with Crippen LogP contribution in [0, 0.1) is 0 Å². The lowest BCUT2D eigenvalue weighted by Gasteiger charge is -2.05. The lowest BCUT2D eigenvalue weighted by atomic mass is 10.1. The second-order valence-electron chi connectivity index (χ2n) is 5.04. The molecule has 1 saturated heterocycles. The molecule has 5 nitrogen and oxygen atoms in total. The monoisotopic (exact) mass is 339 g/mol. The van der Waals surface area contributed by atoms with Crippen LogP contribution in [-0.2, 0) is 16.1 Å². The molecule has 24 heavy (non-hydrogen) atoms. The Hall–Kier alpha value is -2.86. The number of carbonyl (C=O) groups is 3. The van der Waals surface area contributed by atoms with E-state index in [9.17, 15) is 14.4 Å². The van der Waals surface area contributed by atoms with Gasteiger partial charge >= 0.3 is 5.97 Å². The van der Waals surface area contributed by atoms with Gasteiger partial charge in [0.25, 0.3) is 11.1 Å². The topological polar surface area (TPSA) is 72.5 Å². The molecule has 1 fully saturated rings. The number of hydrogen-bond donors (Lipinski definition) is 1. The van der Waals surface area contributed by atoms with E-state index in [0.29, 0.717) is 10.5 Å². The molecule has 1 aliphatic heterocycles. The third kappa shape index (κ3) is 3.91. The lowest BCUT2D eigenvalue weighted by molar-refractivity contribution is -0.115. The number of thioether (sulfide) groups is 1. The van der Waals surface area contributed by atoms with E-state index >= 15 is 0 Å². The van der Waals surface area contributed by atoms with E-state index in [4.69, 9.17) is 4.74 Å². The van der Waals surface area contributed by atoms with Gasteiger partial charge in [-0.1, -0.05) is 42.5 Å². The number of nitrogens with one attached hydrogen (secondary N) is 1. The zero-order valence-electron chi connectivity index (χ0n) is 12.5. The summed E-state index contributed by atoms with van der Waals surface area (Å²) in [5.74, 6) is -0.822. The van der Waals surface area contributed by atoms with Crippen LogP contribution in [-0.4, -0.2) is 17.1 Å². The van der Waals surface area contributed by atoms with Gasteiger partial charge in [0, 0.05) is 0 Å². The first-order valence-electron chi connectivity index (χ1n) is 7.18. The van der Waals surface area contributed by atoms with Crippen molar-refractivity contribution in [1.82, 2.24) is 5.32 Å². The molecule has 120 valence electrons. The van der Waals surface area contributed by atoms with Gasteiger partial charge in [0.15, 0.2) is 0 Å². The minimum Gasteiger partial charge on any atom is -0.457 e. The Morgan fingerprint density at radius 3 is 2.38 bits per heavy atom. The van der Waals surface area contributed by atoms with Crippen molar-refractivity contribution >= 4 is 35.0 Å². The fourth-order valence-electron chi connectivity index (χ4n) is 2.09. The molecule has 0 atom stereocenters. The normalized spacial score (nSPS) is 15.4. The van der Waals surface area contributed by atoms with E-state index in [1.165, 1.54) is 0 Å². The lowest BCUT2D eigenvalue weighted by Crippen LogP contribution is -2.17. The first-order valence-corrected chi connectivity index (χ1v) is 7.99. The van der Waals surface area contributed by atoms with E-state index in [2.05, 4.69) is 5.32 Å².